The van der Waals surface area contributed by atoms with Crippen molar-refractivity contribution in [1.29, 1.82) is 0 Å². The number of phenols is 1. The summed E-state index contributed by atoms with van der Waals surface area (Å²) in [6.45, 7) is 5.97. The minimum absolute atomic E-state index is 0.109. The van der Waals surface area contributed by atoms with Gasteiger partial charge in [0.05, 0.1) is 5.25 Å². The van der Waals surface area contributed by atoms with Crippen molar-refractivity contribution in [2.24, 2.45) is 0 Å². The zero-order valence-corrected chi connectivity index (χ0v) is 15.2. The van der Waals surface area contributed by atoms with E-state index in [0.717, 1.165) is 15.2 Å². The van der Waals surface area contributed by atoms with E-state index in [4.69, 9.17) is 0 Å². The van der Waals surface area contributed by atoms with Crippen molar-refractivity contribution in [1.82, 2.24) is 9.97 Å². The van der Waals surface area contributed by atoms with Gasteiger partial charge in [-0.25, -0.2) is 9.97 Å². The van der Waals surface area contributed by atoms with Crippen molar-refractivity contribution in [3.8, 4) is 5.75 Å². The Bertz CT molecular complexity index is 891. The molecule has 0 fully saturated rings. The number of anilines is 1. The summed E-state index contributed by atoms with van der Waals surface area (Å²) in [5.41, 5.74) is 1.82. The van der Waals surface area contributed by atoms with Crippen LogP contribution in [0.4, 0.5) is 5.69 Å². The second-order valence-corrected chi connectivity index (χ2v) is 7.97. The molecule has 5 nitrogen and oxygen atoms in total. The van der Waals surface area contributed by atoms with E-state index in [2.05, 4.69) is 29.1 Å². The Morgan fingerprint density at radius 1 is 1.25 bits per heavy atom. The van der Waals surface area contributed by atoms with Crippen molar-refractivity contribution in [2.45, 2.75) is 31.0 Å². The first kappa shape index (κ1) is 16.7. The number of nitrogens with zero attached hydrogens (tertiary/aromatic N) is 2. The number of fused-ring (bicyclic) bond motifs is 1. The molecule has 3 aromatic rings. The van der Waals surface area contributed by atoms with Gasteiger partial charge in [-0.1, -0.05) is 11.8 Å². The summed E-state index contributed by atoms with van der Waals surface area (Å²) in [5.74, 6) is 0.0594. The monoisotopic (exact) mass is 359 g/mol. The number of aromatic hydroxyl groups is 1. The van der Waals surface area contributed by atoms with Crippen LogP contribution in [-0.2, 0) is 4.79 Å². The molecule has 1 atom stereocenters. The molecule has 0 saturated carbocycles. The van der Waals surface area contributed by atoms with Gasteiger partial charge in [0.2, 0.25) is 5.91 Å². The number of hydrogen-bond donors (Lipinski definition) is 2. The standard InChI is InChI=1S/C17H17N3O2S2/c1-9-10(2)23-16-14(9)17(19-8-18-16)24-11(3)15(22)20-12-4-6-13(21)7-5-12/h4-8,11,21H,1-3H3,(H,20,22). The number of thioether (sulfide) groups is 1. The summed E-state index contributed by atoms with van der Waals surface area (Å²) in [6, 6.07) is 6.41. The van der Waals surface area contributed by atoms with Gasteiger partial charge in [0.25, 0.3) is 0 Å². The molecule has 1 aromatic carbocycles. The van der Waals surface area contributed by atoms with Crippen molar-refractivity contribution in [3.05, 3.63) is 41.0 Å². The number of aromatic nitrogens is 2. The van der Waals surface area contributed by atoms with Crippen molar-refractivity contribution >= 4 is 44.9 Å². The van der Waals surface area contributed by atoms with Crippen LogP contribution in [0.3, 0.4) is 0 Å². The number of aryl methyl sites for hydroxylation is 2. The summed E-state index contributed by atoms with van der Waals surface area (Å²) < 4.78 is 0. The molecule has 124 valence electrons. The van der Waals surface area contributed by atoms with Crippen LogP contribution in [-0.4, -0.2) is 26.2 Å². The number of carbonyl (C=O) groups is 1. The summed E-state index contributed by atoms with van der Waals surface area (Å²) in [7, 11) is 0. The molecule has 24 heavy (non-hydrogen) atoms. The van der Waals surface area contributed by atoms with E-state index in [1.165, 1.54) is 22.2 Å². The van der Waals surface area contributed by atoms with E-state index >= 15 is 0 Å². The highest BCUT2D eigenvalue weighted by Crippen LogP contribution is 2.36. The third-order valence-electron chi connectivity index (χ3n) is 3.72. The number of phenolic OH excluding ortho intramolecular Hbond substituents is 1. The molecular weight excluding hydrogens is 342 g/mol. The predicted octanol–water partition coefficient (Wildman–Crippen LogP) is 4.13. The lowest BCUT2D eigenvalue weighted by molar-refractivity contribution is -0.115. The number of thiophene rings is 1. The lowest BCUT2D eigenvalue weighted by Gasteiger charge is -2.12. The molecule has 0 aliphatic carbocycles. The summed E-state index contributed by atoms with van der Waals surface area (Å²) in [4.78, 5) is 23.3. The second-order valence-electron chi connectivity index (χ2n) is 5.44. The normalized spacial score (nSPS) is 12.3. The molecule has 0 saturated heterocycles. The summed E-state index contributed by atoms with van der Waals surface area (Å²) in [5, 5.41) is 13.7. The molecule has 0 bridgehead atoms. The lowest BCUT2D eigenvalue weighted by Crippen LogP contribution is -2.22. The van der Waals surface area contributed by atoms with E-state index in [9.17, 15) is 9.90 Å². The van der Waals surface area contributed by atoms with Gasteiger partial charge < -0.3 is 10.4 Å². The molecule has 2 heterocycles. The molecule has 1 amide bonds. The predicted molar refractivity (Wildman–Crippen MR) is 98.9 cm³/mol. The number of benzene rings is 1. The zero-order chi connectivity index (χ0) is 17.3. The number of amides is 1. The Balaban J connectivity index is 1.78. The van der Waals surface area contributed by atoms with Gasteiger partial charge in [-0.15, -0.1) is 11.3 Å². The van der Waals surface area contributed by atoms with Crippen LogP contribution < -0.4 is 5.32 Å². The molecule has 1 unspecified atom stereocenters. The van der Waals surface area contributed by atoms with Gasteiger partial charge in [-0.3, -0.25) is 4.79 Å². The van der Waals surface area contributed by atoms with E-state index in [0.29, 0.717) is 5.69 Å². The smallest absolute Gasteiger partial charge is 0.237 e. The molecule has 0 aliphatic heterocycles. The first-order valence-electron chi connectivity index (χ1n) is 7.43. The van der Waals surface area contributed by atoms with Crippen LogP contribution in [0, 0.1) is 13.8 Å². The van der Waals surface area contributed by atoms with Gasteiger partial charge in [0.1, 0.15) is 21.9 Å². The van der Waals surface area contributed by atoms with Crippen molar-refractivity contribution in [3.63, 3.8) is 0 Å². The van der Waals surface area contributed by atoms with Crippen LogP contribution in [0.25, 0.3) is 10.2 Å². The van der Waals surface area contributed by atoms with Crippen LogP contribution in [0.2, 0.25) is 0 Å². The van der Waals surface area contributed by atoms with Crippen LogP contribution in [0.5, 0.6) is 5.75 Å². The molecule has 2 aromatic heterocycles. The van der Waals surface area contributed by atoms with Gasteiger partial charge in [-0.05, 0) is 50.6 Å². The van der Waals surface area contributed by atoms with Gasteiger partial charge in [0, 0.05) is 16.0 Å². The van der Waals surface area contributed by atoms with Gasteiger partial charge in [0.15, 0.2) is 0 Å². The van der Waals surface area contributed by atoms with Crippen molar-refractivity contribution in [2.75, 3.05) is 5.32 Å². The largest absolute Gasteiger partial charge is 0.508 e. The van der Waals surface area contributed by atoms with E-state index in [-0.39, 0.29) is 16.9 Å². The van der Waals surface area contributed by atoms with Crippen LogP contribution in [0.1, 0.15) is 17.4 Å². The Morgan fingerprint density at radius 2 is 1.96 bits per heavy atom. The first-order valence-corrected chi connectivity index (χ1v) is 9.12. The maximum Gasteiger partial charge on any atom is 0.237 e. The molecular formula is C17H17N3O2S2. The fourth-order valence-electron chi connectivity index (χ4n) is 2.25. The quantitative estimate of drug-likeness (QED) is 0.416. The second kappa shape index (κ2) is 6.78. The fourth-order valence-corrected chi connectivity index (χ4v) is 4.29. The highest BCUT2D eigenvalue weighted by atomic mass is 32.2. The Labute approximate surface area is 148 Å². The maximum absolute atomic E-state index is 12.4. The third-order valence-corrected chi connectivity index (χ3v) is 5.94. The first-order chi connectivity index (χ1) is 11.5. The lowest BCUT2D eigenvalue weighted by atomic mass is 10.2. The average molecular weight is 359 g/mol. The summed E-state index contributed by atoms with van der Waals surface area (Å²) in [6.07, 6.45) is 1.55. The van der Waals surface area contributed by atoms with Crippen LogP contribution >= 0.6 is 23.1 Å². The average Bonchev–Trinajstić information content (AvgIpc) is 2.85. The Morgan fingerprint density at radius 3 is 2.67 bits per heavy atom. The van der Waals surface area contributed by atoms with Gasteiger partial charge >= 0.3 is 0 Å². The SMILES string of the molecule is Cc1sc2ncnc(SC(C)C(=O)Nc3ccc(O)cc3)c2c1C. The van der Waals surface area contributed by atoms with Crippen molar-refractivity contribution < 1.29 is 9.90 Å². The van der Waals surface area contributed by atoms with E-state index in [1.807, 2.05) is 6.92 Å². The molecule has 7 heteroatoms. The highest BCUT2D eigenvalue weighted by Gasteiger charge is 2.19. The third kappa shape index (κ3) is 3.37. The van der Waals surface area contributed by atoms with E-state index in [1.54, 1.807) is 41.9 Å². The maximum atomic E-state index is 12.4. The minimum Gasteiger partial charge on any atom is -0.508 e. The van der Waals surface area contributed by atoms with E-state index < -0.39 is 0 Å². The number of rotatable bonds is 4. The minimum atomic E-state index is -0.309. The number of hydrogen-bond acceptors (Lipinski definition) is 6. The topological polar surface area (TPSA) is 75.1 Å². The molecule has 3 rings (SSSR count). The molecule has 2 N–H and O–H groups in total. The molecule has 0 aliphatic rings. The van der Waals surface area contributed by atoms with Gasteiger partial charge in [-0.2, -0.15) is 0 Å². The Hall–Kier alpha value is -2.12. The number of carbonyl (C=O) groups excluding carboxylic acids is 1. The zero-order valence-electron chi connectivity index (χ0n) is 13.5. The fraction of sp³-hybridized carbons (Fsp3) is 0.235. The molecule has 0 radical (unpaired) electrons. The Kier molecular flexibility index (Phi) is 4.73. The highest BCUT2D eigenvalue weighted by molar-refractivity contribution is 8.00. The number of nitrogens with one attached hydrogen (secondary N) is 1. The molecule has 0 spiro atoms. The summed E-state index contributed by atoms with van der Waals surface area (Å²) >= 11 is 3.07. The van der Waals surface area contributed by atoms with Crippen LogP contribution in [0.15, 0.2) is 35.6 Å².